The van der Waals surface area contributed by atoms with E-state index >= 15 is 0 Å². The van der Waals surface area contributed by atoms with Gasteiger partial charge in [0.25, 0.3) is 0 Å². The number of hydrogen-bond acceptors (Lipinski definition) is 5. The van der Waals surface area contributed by atoms with Gasteiger partial charge in [0, 0.05) is 17.3 Å². The van der Waals surface area contributed by atoms with Crippen LogP contribution in [0.3, 0.4) is 0 Å². The van der Waals surface area contributed by atoms with Gasteiger partial charge < -0.3 is 5.73 Å². The number of aromatic nitrogens is 2. The lowest BCUT2D eigenvalue weighted by atomic mass is 10.1. The molecule has 0 saturated carbocycles. The van der Waals surface area contributed by atoms with Crippen LogP contribution in [0.25, 0.3) is 10.9 Å². The smallest absolute Gasteiger partial charge is 0.181 e. The van der Waals surface area contributed by atoms with Gasteiger partial charge in [-0.3, -0.25) is 4.98 Å². The molecular weight excluding hydrogens is 293 g/mol. The minimum Gasteiger partial charge on any atom is -0.375 e. The van der Waals surface area contributed by atoms with Crippen molar-refractivity contribution in [2.24, 2.45) is 0 Å². The first kappa shape index (κ1) is 13.3. The number of nitrogens with zero attached hydrogens (tertiary/aromatic N) is 2. The van der Waals surface area contributed by atoms with Crippen molar-refractivity contribution in [3.8, 4) is 0 Å². The number of nitrogen functional groups attached to an aromatic ring is 1. The first-order valence-corrected chi connectivity index (χ1v) is 7.83. The van der Waals surface area contributed by atoms with Crippen molar-refractivity contribution in [3.63, 3.8) is 0 Å². The van der Waals surface area contributed by atoms with Gasteiger partial charge in [-0.25, -0.2) is 9.37 Å². The standard InChI is InChI=1S/C14H12FN3S2/c1-8-13(20-14(16)18-8)19-7-9-4-5-11(15)10-3-2-6-17-12(9)10/h2-6H,7H2,1H3,(H2,16,18). The SMILES string of the molecule is Cc1nc(N)sc1SCc1ccc(F)c2cccnc12. The molecule has 0 aliphatic carbocycles. The molecule has 20 heavy (non-hydrogen) atoms. The molecule has 3 nitrogen and oxygen atoms in total. The van der Waals surface area contributed by atoms with E-state index < -0.39 is 0 Å². The summed E-state index contributed by atoms with van der Waals surface area (Å²) in [6, 6.07) is 6.78. The minimum atomic E-state index is -0.236. The second-order valence-electron chi connectivity index (χ2n) is 4.32. The molecule has 2 heterocycles. The van der Waals surface area contributed by atoms with Crippen molar-refractivity contribution in [2.45, 2.75) is 16.9 Å². The second kappa shape index (κ2) is 5.38. The fraction of sp³-hybridized carbons (Fsp3) is 0.143. The molecule has 0 aliphatic rings. The maximum atomic E-state index is 13.7. The van der Waals surface area contributed by atoms with Gasteiger partial charge in [0.1, 0.15) is 5.82 Å². The van der Waals surface area contributed by atoms with Crippen LogP contribution < -0.4 is 5.73 Å². The van der Waals surface area contributed by atoms with Crippen LogP contribution in [0, 0.1) is 12.7 Å². The Morgan fingerprint density at radius 3 is 2.95 bits per heavy atom. The summed E-state index contributed by atoms with van der Waals surface area (Å²) in [5, 5.41) is 1.14. The number of fused-ring (bicyclic) bond motifs is 1. The highest BCUT2D eigenvalue weighted by atomic mass is 32.2. The zero-order valence-corrected chi connectivity index (χ0v) is 12.4. The lowest BCUT2D eigenvalue weighted by Gasteiger charge is -2.05. The van der Waals surface area contributed by atoms with E-state index in [1.54, 1.807) is 36.2 Å². The van der Waals surface area contributed by atoms with Gasteiger partial charge in [-0.05, 0) is 30.7 Å². The average Bonchev–Trinajstić information content (AvgIpc) is 2.77. The van der Waals surface area contributed by atoms with Gasteiger partial charge >= 0.3 is 0 Å². The molecule has 3 rings (SSSR count). The molecule has 0 atom stereocenters. The van der Waals surface area contributed by atoms with Crippen molar-refractivity contribution >= 4 is 39.1 Å². The fourth-order valence-corrected chi connectivity index (χ4v) is 4.00. The third kappa shape index (κ3) is 2.48. The number of aryl methyl sites for hydroxylation is 1. The van der Waals surface area contributed by atoms with Crippen LogP contribution in [0.4, 0.5) is 9.52 Å². The van der Waals surface area contributed by atoms with E-state index in [9.17, 15) is 4.39 Å². The van der Waals surface area contributed by atoms with E-state index in [0.29, 0.717) is 10.5 Å². The minimum absolute atomic E-state index is 0.236. The van der Waals surface area contributed by atoms with Gasteiger partial charge in [-0.1, -0.05) is 17.4 Å². The molecule has 0 spiro atoms. The Bertz CT molecular complexity index is 770. The number of rotatable bonds is 3. The number of pyridine rings is 1. The van der Waals surface area contributed by atoms with E-state index in [1.807, 2.05) is 6.92 Å². The molecule has 2 aromatic heterocycles. The first-order valence-electron chi connectivity index (χ1n) is 6.03. The normalized spacial score (nSPS) is 11.1. The lowest BCUT2D eigenvalue weighted by molar-refractivity contribution is 0.639. The monoisotopic (exact) mass is 305 g/mol. The third-order valence-corrected chi connectivity index (χ3v) is 5.33. The highest BCUT2D eigenvalue weighted by molar-refractivity contribution is 8.00. The van der Waals surface area contributed by atoms with Gasteiger partial charge in [-0.15, -0.1) is 11.8 Å². The Kier molecular flexibility index (Phi) is 3.58. The van der Waals surface area contributed by atoms with Gasteiger partial charge in [-0.2, -0.15) is 0 Å². The predicted octanol–water partition coefficient (Wildman–Crippen LogP) is 4.01. The van der Waals surface area contributed by atoms with Crippen molar-refractivity contribution in [1.82, 2.24) is 9.97 Å². The Balaban J connectivity index is 1.92. The molecule has 3 aromatic rings. The Morgan fingerprint density at radius 2 is 2.20 bits per heavy atom. The topological polar surface area (TPSA) is 51.8 Å². The summed E-state index contributed by atoms with van der Waals surface area (Å²) in [6.45, 7) is 1.94. The van der Waals surface area contributed by atoms with Gasteiger partial charge in [0.05, 0.1) is 15.4 Å². The Morgan fingerprint density at radius 1 is 1.35 bits per heavy atom. The molecule has 6 heteroatoms. The summed E-state index contributed by atoms with van der Waals surface area (Å²) < 4.78 is 14.8. The molecule has 0 amide bonds. The highest BCUT2D eigenvalue weighted by Gasteiger charge is 2.10. The number of thioether (sulfide) groups is 1. The lowest BCUT2D eigenvalue weighted by Crippen LogP contribution is -1.90. The molecule has 0 unspecified atom stereocenters. The summed E-state index contributed by atoms with van der Waals surface area (Å²) in [6.07, 6.45) is 1.69. The van der Waals surface area contributed by atoms with E-state index in [2.05, 4.69) is 9.97 Å². The van der Waals surface area contributed by atoms with Crippen LogP contribution in [0.5, 0.6) is 0 Å². The van der Waals surface area contributed by atoms with Crippen LogP contribution in [0.15, 0.2) is 34.7 Å². The molecular formula is C14H12FN3S2. The van der Waals surface area contributed by atoms with Crippen LogP contribution >= 0.6 is 23.1 Å². The Labute approximate surface area is 124 Å². The molecule has 102 valence electrons. The van der Waals surface area contributed by atoms with Crippen LogP contribution in [-0.2, 0) is 5.75 Å². The van der Waals surface area contributed by atoms with Gasteiger partial charge in [0.15, 0.2) is 5.13 Å². The summed E-state index contributed by atoms with van der Waals surface area (Å²) in [5.41, 5.74) is 8.36. The van der Waals surface area contributed by atoms with Crippen LogP contribution in [-0.4, -0.2) is 9.97 Å². The van der Waals surface area contributed by atoms with Crippen molar-refractivity contribution < 1.29 is 4.39 Å². The predicted molar refractivity (Wildman–Crippen MR) is 82.5 cm³/mol. The quantitative estimate of drug-likeness (QED) is 0.743. The van der Waals surface area contributed by atoms with Crippen LogP contribution in [0.2, 0.25) is 0 Å². The second-order valence-corrected chi connectivity index (χ2v) is 6.59. The molecule has 0 fully saturated rings. The van der Waals surface area contributed by atoms with Crippen molar-refractivity contribution in [1.29, 1.82) is 0 Å². The van der Waals surface area contributed by atoms with E-state index in [-0.39, 0.29) is 5.82 Å². The third-order valence-electron chi connectivity index (χ3n) is 2.93. The van der Waals surface area contributed by atoms with E-state index in [1.165, 1.54) is 17.4 Å². The zero-order valence-electron chi connectivity index (χ0n) is 10.8. The van der Waals surface area contributed by atoms with Crippen LogP contribution in [0.1, 0.15) is 11.3 Å². The number of anilines is 1. The molecule has 2 N–H and O–H groups in total. The molecule has 1 aromatic carbocycles. The number of halogens is 1. The molecule has 0 saturated heterocycles. The average molecular weight is 305 g/mol. The largest absolute Gasteiger partial charge is 0.375 e. The first-order chi connectivity index (χ1) is 9.65. The van der Waals surface area contributed by atoms with Crippen molar-refractivity contribution in [2.75, 3.05) is 5.73 Å². The molecule has 0 radical (unpaired) electrons. The zero-order chi connectivity index (χ0) is 14.1. The van der Waals surface area contributed by atoms with Gasteiger partial charge in [0.2, 0.25) is 0 Å². The highest BCUT2D eigenvalue weighted by Crippen LogP contribution is 2.34. The summed E-state index contributed by atoms with van der Waals surface area (Å²) >= 11 is 3.13. The summed E-state index contributed by atoms with van der Waals surface area (Å²) in [7, 11) is 0. The van der Waals surface area contributed by atoms with E-state index in [0.717, 1.165) is 26.7 Å². The van der Waals surface area contributed by atoms with E-state index in [4.69, 9.17) is 5.73 Å². The fourth-order valence-electron chi connectivity index (χ4n) is 1.99. The maximum absolute atomic E-state index is 13.7. The Hall–Kier alpha value is -1.66. The number of hydrogen-bond donors (Lipinski definition) is 1. The molecule has 0 bridgehead atoms. The molecule has 0 aliphatic heterocycles. The number of benzene rings is 1. The van der Waals surface area contributed by atoms with Crippen molar-refractivity contribution in [3.05, 3.63) is 47.5 Å². The summed E-state index contributed by atoms with van der Waals surface area (Å²) in [5.74, 6) is 0.482. The number of nitrogens with two attached hydrogens (primary N) is 1. The number of thiazole rings is 1. The summed E-state index contributed by atoms with van der Waals surface area (Å²) in [4.78, 5) is 8.49. The maximum Gasteiger partial charge on any atom is 0.181 e.